The second-order valence-electron chi connectivity index (χ2n) is 7.34. The third-order valence-electron chi connectivity index (χ3n) is 5.42. The minimum Gasteiger partial charge on any atom is -0.352 e. The van der Waals surface area contributed by atoms with Crippen molar-refractivity contribution in [2.75, 3.05) is 31.1 Å². The first-order valence-electron chi connectivity index (χ1n) is 9.78. The van der Waals surface area contributed by atoms with E-state index in [1.807, 2.05) is 4.90 Å². The number of nitrogens with zero attached hydrogens (tertiary/aromatic N) is 4. The van der Waals surface area contributed by atoms with Gasteiger partial charge in [-0.1, -0.05) is 24.2 Å². The Balaban J connectivity index is 1.81. The second-order valence-corrected chi connectivity index (χ2v) is 7.75. The van der Waals surface area contributed by atoms with Crippen molar-refractivity contribution in [3.63, 3.8) is 0 Å². The molecule has 172 valence electrons. The topological polar surface area (TPSA) is 49.3 Å². The standard InChI is InChI=1S/C22H16ClF5N4O/c1-2-17(33)31-5-7-32(8-6-31)21-14-10-16(23)18(19(25)20(14)29-11-30-21)13-4-3-12(24)9-15(13)22(26,27)28/h2-4,9-11H,1,5-8H2. The summed E-state index contributed by atoms with van der Waals surface area (Å²) in [5.74, 6) is -2.05. The van der Waals surface area contributed by atoms with E-state index in [1.165, 1.54) is 12.1 Å². The molecule has 4 rings (SSSR count). The van der Waals surface area contributed by atoms with Gasteiger partial charge >= 0.3 is 6.18 Å². The lowest BCUT2D eigenvalue weighted by atomic mass is 9.97. The Morgan fingerprint density at radius 1 is 1.09 bits per heavy atom. The molecule has 1 aliphatic heterocycles. The Bertz CT molecular complexity index is 1260. The number of halogens is 6. The molecule has 0 spiro atoms. The number of rotatable bonds is 3. The van der Waals surface area contributed by atoms with Gasteiger partial charge in [-0.25, -0.2) is 18.7 Å². The lowest BCUT2D eigenvalue weighted by molar-refractivity contribution is -0.137. The average molecular weight is 483 g/mol. The van der Waals surface area contributed by atoms with Crippen LogP contribution in [0.3, 0.4) is 0 Å². The lowest BCUT2D eigenvalue weighted by Crippen LogP contribution is -2.48. The van der Waals surface area contributed by atoms with Gasteiger partial charge in [0.25, 0.3) is 0 Å². The molecule has 5 nitrogen and oxygen atoms in total. The van der Waals surface area contributed by atoms with Crippen LogP contribution in [-0.4, -0.2) is 47.0 Å². The molecule has 1 aliphatic rings. The molecule has 33 heavy (non-hydrogen) atoms. The quantitative estimate of drug-likeness (QED) is 0.386. The summed E-state index contributed by atoms with van der Waals surface area (Å²) in [6.45, 7) is 5.01. The maximum Gasteiger partial charge on any atom is 0.417 e. The number of amides is 1. The molecule has 0 saturated carbocycles. The van der Waals surface area contributed by atoms with E-state index in [-0.39, 0.29) is 21.8 Å². The molecule has 0 unspecified atom stereocenters. The van der Waals surface area contributed by atoms with Crippen LogP contribution in [0.2, 0.25) is 5.02 Å². The molecule has 1 fully saturated rings. The summed E-state index contributed by atoms with van der Waals surface area (Å²) >= 11 is 6.26. The second kappa shape index (κ2) is 8.58. The summed E-state index contributed by atoms with van der Waals surface area (Å²) in [6, 6.07) is 3.24. The predicted molar refractivity (Wildman–Crippen MR) is 114 cm³/mol. The SMILES string of the molecule is C=CC(=O)N1CCN(c2ncnc3c(F)c(-c4ccc(F)cc4C(F)(F)F)c(Cl)cc23)CC1. The van der Waals surface area contributed by atoms with Gasteiger partial charge in [0.1, 0.15) is 23.5 Å². The smallest absolute Gasteiger partial charge is 0.352 e. The van der Waals surface area contributed by atoms with E-state index in [4.69, 9.17) is 11.6 Å². The number of fused-ring (bicyclic) bond motifs is 1. The monoisotopic (exact) mass is 482 g/mol. The zero-order chi connectivity index (χ0) is 23.9. The largest absolute Gasteiger partial charge is 0.417 e. The summed E-state index contributed by atoms with van der Waals surface area (Å²) in [5.41, 5.74) is -2.69. The van der Waals surface area contributed by atoms with Crippen molar-refractivity contribution in [2.24, 2.45) is 0 Å². The summed E-state index contributed by atoms with van der Waals surface area (Å²) in [6.07, 6.45) is -2.60. The molecule has 1 amide bonds. The number of carbonyl (C=O) groups is 1. The van der Waals surface area contributed by atoms with Crippen molar-refractivity contribution >= 4 is 34.2 Å². The normalized spacial score (nSPS) is 14.6. The van der Waals surface area contributed by atoms with Crippen LogP contribution >= 0.6 is 11.6 Å². The molecule has 0 bridgehead atoms. The van der Waals surface area contributed by atoms with Gasteiger partial charge in [-0.3, -0.25) is 4.79 Å². The summed E-state index contributed by atoms with van der Waals surface area (Å²) in [7, 11) is 0. The van der Waals surface area contributed by atoms with Crippen molar-refractivity contribution < 1.29 is 26.7 Å². The summed E-state index contributed by atoms with van der Waals surface area (Å²) < 4.78 is 69.6. The van der Waals surface area contributed by atoms with Crippen molar-refractivity contribution in [2.45, 2.75) is 6.18 Å². The van der Waals surface area contributed by atoms with Gasteiger partial charge in [-0.2, -0.15) is 13.2 Å². The first kappa shape index (κ1) is 22.9. The molecule has 0 N–H and O–H groups in total. The van der Waals surface area contributed by atoms with Crippen LogP contribution < -0.4 is 4.90 Å². The van der Waals surface area contributed by atoms with Crippen molar-refractivity contribution in [3.05, 3.63) is 65.5 Å². The maximum absolute atomic E-state index is 15.5. The van der Waals surface area contributed by atoms with E-state index in [0.29, 0.717) is 38.1 Å². The average Bonchev–Trinajstić information content (AvgIpc) is 2.78. The fraction of sp³-hybridized carbons (Fsp3) is 0.227. The third-order valence-corrected chi connectivity index (χ3v) is 5.72. The molecule has 0 atom stereocenters. The number of aromatic nitrogens is 2. The molecule has 2 heterocycles. The van der Waals surface area contributed by atoms with Crippen LogP contribution in [0.5, 0.6) is 0 Å². The zero-order valence-corrected chi connectivity index (χ0v) is 17.7. The van der Waals surface area contributed by atoms with Gasteiger partial charge in [-0.05, 0) is 29.8 Å². The lowest BCUT2D eigenvalue weighted by Gasteiger charge is -2.35. The molecule has 11 heteroatoms. The first-order valence-corrected chi connectivity index (χ1v) is 10.2. The van der Waals surface area contributed by atoms with Gasteiger partial charge in [0.15, 0.2) is 5.82 Å². The molecular weight excluding hydrogens is 467 g/mol. The Morgan fingerprint density at radius 2 is 1.79 bits per heavy atom. The Kier molecular flexibility index (Phi) is 5.96. The van der Waals surface area contributed by atoms with Crippen LogP contribution in [0, 0.1) is 11.6 Å². The third kappa shape index (κ3) is 4.22. The Labute approximate surface area is 190 Å². The highest BCUT2D eigenvalue weighted by atomic mass is 35.5. The fourth-order valence-corrected chi connectivity index (χ4v) is 4.15. The van der Waals surface area contributed by atoms with Crippen LogP contribution in [0.25, 0.3) is 22.0 Å². The highest BCUT2D eigenvalue weighted by Crippen LogP contribution is 2.43. The van der Waals surface area contributed by atoms with E-state index in [2.05, 4.69) is 16.5 Å². The van der Waals surface area contributed by atoms with E-state index >= 15 is 4.39 Å². The van der Waals surface area contributed by atoms with E-state index in [0.717, 1.165) is 18.5 Å². The predicted octanol–water partition coefficient (Wildman–Crippen LogP) is 5.08. The number of anilines is 1. The van der Waals surface area contributed by atoms with Crippen LogP contribution in [0.1, 0.15) is 5.56 Å². The number of benzene rings is 2. The van der Waals surface area contributed by atoms with Crippen LogP contribution in [-0.2, 0) is 11.0 Å². The number of hydrogen-bond acceptors (Lipinski definition) is 4. The van der Waals surface area contributed by atoms with E-state index < -0.39 is 34.5 Å². The van der Waals surface area contributed by atoms with Gasteiger partial charge in [0.2, 0.25) is 5.91 Å². The molecule has 1 saturated heterocycles. The van der Waals surface area contributed by atoms with Gasteiger partial charge in [-0.15, -0.1) is 0 Å². The van der Waals surface area contributed by atoms with Crippen molar-refractivity contribution in [3.8, 4) is 11.1 Å². The summed E-state index contributed by atoms with van der Waals surface area (Å²) in [4.78, 5) is 23.3. The highest BCUT2D eigenvalue weighted by molar-refractivity contribution is 6.34. The number of hydrogen-bond donors (Lipinski definition) is 0. The number of piperazine rings is 1. The number of carbonyl (C=O) groups excluding carboxylic acids is 1. The van der Waals surface area contributed by atoms with Crippen LogP contribution in [0.4, 0.5) is 27.8 Å². The van der Waals surface area contributed by atoms with Gasteiger partial charge in [0.05, 0.1) is 10.6 Å². The Morgan fingerprint density at radius 3 is 2.42 bits per heavy atom. The molecule has 3 aromatic rings. The minimum absolute atomic E-state index is 0.208. The molecule has 1 aromatic heterocycles. The maximum atomic E-state index is 15.5. The molecule has 0 aliphatic carbocycles. The minimum atomic E-state index is -4.93. The Hall–Kier alpha value is -3.27. The molecular formula is C22H16ClF5N4O. The van der Waals surface area contributed by atoms with Gasteiger partial charge in [0, 0.05) is 37.1 Å². The molecule has 2 aromatic carbocycles. The van der Waals surface area contributed by atoms with E-state index in [1.54, 1.807) is 4.90 Å². The summed E-state index contributed by atoms with van der Waals surface area (Å²) in [5, 5.41) is -0.0865. The van der Waals surface area contributed by atoms with Gasteiger partial charge < -0.3 is 9.80 Å². The highest BCUT2D eigenvalue weighted by Gasteiger charge is 2.36. The zero-order valence-electron chi connectivity index (χ0n) is 17.0. The fourth-order valence-electron chi connectivity index (χ4n) is 3.85. The van der Waals surface area contributed by atoms with Crippen molar-refractivity contribution in [1.29, 1.82) is 0 Å². The van der Waals surface area contributed by atoms with Crippen molar-refractivity contribution in [1.82, 2.24) is 14.9 Å². The molecule has 0 radical (unpaired) electrons. The first-order chi connectivity index (χ1) is 15.6. The van der Waals surface area contributed by atoms with E-state index in [9.17, 15) is 22.4 Å². The number of alkyl halides is 3. The van der Waals surface area contributed by atoms with Crippen LogP contribution in [0.15, 0.2) is 43.2 Å².